The van der Waals surface area contributed by atoms with Crippen LogP contribution < -0.4 is 4.74 Å². The summed E-state index contributed by atoms with van der Waals surface area (Å²) in [5.41, 5.74) is 3.63. The molecule has 0 radical (unpaired) electrons. The van der Waals surface area contributed by atoms with Crippen LogP contribution in [0.2, 0.25) is 0 Å². The minimum Gasteiger partial charge on any atom is -0.496 e. The Balaban J connectivity index is 2.22. The van der Waals surface area contributed by atoms with Crippen molar-refractivity contribution in [3.63, 3.8) is 0 Å². The van der Waals surface area contributed by atoms with Crippen molar-refractivity contribution in [2.45, 2.75) is 13.5 Å². The van der Waals surface area contributed by atoms with Crippen LogP contribution in [0.1, 0.15) is 21.6 Å². The van der Waals surface area contributed by atoms with Gasteiger partial charge in [-0.15, -0.1) is 0 Å². The van der Waals surface area contributed by atoms with Crippen molar-refractivity contribution in [1.29, 1.82) is 0 Å². The van der Waals surface area contributed by atoms with Gasteiger partial charge in [-0.05, 0) is 30.2 Å². The van der Waals surface area contributed by atoms with Crippen LogP contribution in [0.4, 0.5) is 0 Å². The number of carbonyl (C=O) groups excluding carboxylic acids is 1. The number of benzene rings is 2. The van der Waals surface area contributed by atoms with Crippen molar-refractivity contribution in [3.8, 4) is 5.75 Å². The number of hydrogen-bond acceptors (Lipinski definition) is 3. The van der Waals surface area contributed by atoms with Crippen molar-refractivity contribution in [2.24, 2.45) is 0 Å². The van der Waals surface area contributed by atoms with Gasteiger partial charge in [0.15, 0.2) is 0 Å². The highest BCUT2D eigenvalue weighted by Crippen LogP contribution is 2.32. The Bertz CT molecular complexity index is 850. The van der Waals surface area contributed by atoms with Gasteiger partial charge < -0.3 is 14.0 Å². The van der Waals surface area contributed by atoms with Gasteiger partial charge in [-0.2, -0.15) is 0 Å². The molecule has 1 heterocycles. The Hall–Kier alpha value is -2.75. The van der Waals surface area contributed by atoms with Crippen molar-refractivity contribution >= 4 is 16.9 Å². The zero-order valence-corrected chi connectivity index (χ0v) is 13.5. The molecule has 0 saturated carbocycles. The number of aromatic nitrogens is 1. The van der Waals surface area contributed by atoms with Gasteiger partial charge in [0.1, 0.15) is 11.4 Å². The van der Waals surface area contributed by atoms with Gasteiger partial charge in [-0.1, -0.05) is 36.4 Å². The average molecular weight is 309 g/mol. The monoisotopic (exact) mass is 309 g/mol. The molecule has 1 aromatic heterocycles. The fraction of sp³-hybridized carbons (Fsp3) is 0.211. The Morgan fingerprint density at radius 2 is 1.83 bits per heavy atom. The zero-order valence-electron chi connectivity index (χ0n) is 13.5. The lowest BCUT2D eigenvalue weighted by Gasteiger charge is -2.11. The van der Waals surface area contributed by atoms with Crippen LogP contribution >= 0.6 is 0 Å². The predicted octanol–water partition coefficient (Wildman–Crippen LogP) is 3.79. The van der Waals surface area contributed by atoms with E-state index in [9.17, 15) is 4.79 Å². The Morgan fingerprint density at radius 3 is 2.48 bits per heavy atom. The highest BCUT2D eigenvalue weighted by atomic mass is 16.5. The molecule has 0 amide bonds. The van der Waals surface area contributed by atoms with E-state index >= 15 is 0 Å². The number of aryl methyl sites for hydroxylation is 1. The van der Waals surface area contributed by atoms with Crippen LogP contribution in [0, 0.1) is 6.92 Å². The molecule has 23 heavy (non-hydrogen) atoms. The molecule has 0 aliphatic carbocycles. The molecule has 0 saturated heterocycles. The van der Waals surface area contributed by atoms with Gasteiger partial charge in [-0.3, -0.25) is 0 Å². The Kier molecular flexibility index (Phi) is 4.06. The molecular formula is C19H19NO3. The molecule has 2 aromatic carbocycles. The van der Waals surface area contributed by atoms with E-state index in [0.717, 1.165) is 27.8 Å². The summed E-state index contributed by atoms with van der Waals surface area (Å²) < 4.78 is 12.4. The third kappa shape index (κ3) is 2.68. The van der Waals surface area contributed by atoms with Gasteiger partial charge in [-0.25, -0.2) is 4.79 Å². The molecule has 0 N–H and O–H groups in total. The fourth-order valence-corrected chi connectivity index (χ4v) is 2.90. The molecule has 0 spiro atoms. The van der Waals surface area contributed by atoms with Gasteiger partial charge >= 0.3 is 5.97 Å². The number of carbonyl (C=O) groups is 1. The molecular weight excluding hydrogens is 290 g/mol. The van der Waals surface area contributed by atoms with Crippen molar-refractivity contribution in [2.75, 3.05) is 14.2 Å². The molecule has 4 nitrogen and oxygen atoms in total. The van der Waals surface area contributed by atoms with Crippen LogP contribution in [0.3, 0.4) is 0 Å². The number of nitrogens with zero attached hydrogens (tertiary/aromatic N) is 1. The van der Waals surface area contributed by atoms with Crippen LogP contribution in [-0.2, 0) is 11.3 Å². The standard InChI is InChI=1S/C19H19NO3/c1-13-9-10-16-15(18(13)22-2)11-17(19(21)23-3)20(16)12-14-7-5-4-6-8-14/h4-11H,12H2,1-3H3. The number of hydrogen-bond donors (Lipinski definition) is 0. The summed E-state index contributed by atoms with van der Waals surface area (Å²) in [6.45, 7) is 2.59. The molecule has 4 heteroatoms. The molecule has 3 aromatic rings. The van der Waals surface area contributed by atoms with E-state index in [1.165, 1.54) is 7.11 Å². The minimum absolute atomic E-state index is 0.350. The number of fused-ring (bicyclic) bond motifs is 1. The first kappa shape index (κ1) is 15.2. The molecule has 0 unspecified atom stereocenters. The topological polar surface area (TPSA) is 40.5 Å². The molecule has 118 valence electrons. The fourth-order valence-electron chi connectivity index (χ4n) is 2.90. The van der Waals surface area contributed by atoms with Gasteiger partial charge in [0, 0.05) is 11.9 Å². The third-order valence-corrected chi connectivity index (χ3v) is 4.01. The van der Waals surface area contributed by atoms with Crippen LogP contribution in [-0.4, -0.2) is 24.8 Å². The highest BCUT2D eigenvalue weighted by Gasteiger charge is 2.19. The van der Waals surface area contributed by atoms with E-state index in [1.807, 2.05) is 60.0 Å². The number of ether oxygens (including phenoxy) is 2. The average Bonchev–Trinajstić information content (AvgIpc) is 2.93. The minimum atomic E-state index is -0.350. The van der Waals surface area contributed by atoms with E-state index in [1.54, 1.807) is 7.11 Å². The van der Waals surface area contributed by atoms with Crippen molar-refractivity contribution in [3.05, 3.63) is 65.4 Å². The highest BCUT2D eigenvalue weighted by molar-refractivity contribution is 5.98. The molecule has 0 atom stereocenters. The number of methoxy groups -OCH3 is 2. The molecule has 0 aliphatic rings. The SMILES string of the molecule is COC(=O)c1cc2c(OC)c(C)ccc2n1Cc1ccccc1. The maximum atomic E-state index is 12.2. The van der Waals surface area contributed by atoms with Gasteiger partial charge in [0.05, 0.1) is 19.7 Å². The lowest BCUT2D eigenvalue weighted by molar-refractivity contribution is 0.0589. The third-order valence-electron chi connectivity index (χ3n) is 4.01. The van der Waals surface area contributed by atoms with Gasteiger partial charge in [0.2, 0.25) is 0 Å². The maximum absolute atomic E-state index is 12.2. The molecule has 0 fully saturated rings. The predicted molar refractivity (Wildman–Crippen MR) is 90.1 cm³/mol. The quantitative estimate of drug-likeness (QED) is 0.688. The van der Waals surface area contributed by atoms with E-state index < -0.39 is 0 Å². The van der Waals surface area contributed by atoms with Crippen molar-refractivity contribution in [1.82, 2.24) is 4.57 Å². The lowest BCUT2D eigenvalue weighted by atomic mass is 10.1. The Labute approximate surface area is 135 Å². The van der Waals surface area contributed by atoms with E-state index in [-0.39, 0.29) is 5.97 Å². The summed E-state index contributed by atoms with van der Waals surface area (Å²) in [7, 11) is 3.05. The van der Waals surface area contributed by atoms with Crippen LogP contribution in [0.5, 0.6) is 5.75 Å². The smallest absolute Gasteiger partial charge is 0.354 e. The molecule has 0 aliphatic heterocycles. The zero-order chi connectivity index (χ0) is 16.4. The summed E-state index contributed by atoms with van der Waals surface area (Å²) in [6.07, 6.45) is 0. The second kappa shape index (κ2) is 6.16. The van der Waals surface area contributed by atoms with Crippen LogP contribution in [0.15, 0.2) is 48.5 Å². The molecule has 0 bridgehead atoms. The molecule has 3 rings (SSSR count). The van der Waals surface area contributed by atoms with E-state index in [0.29, 0.717) is 12.2 Å². The second-order valence-corrected chi connectivity index (χ2v) is 5.44. The number of rotatable bonds is 4. The second-order valence-electron chi connectivity index (χ2n) is 5.44. The van der Waals surface area contributed by atoms with Crippen molar-refractivity contribution < 1.29 is 14.3 Å². The lowest BCUT2D eigenvalue weighted by Crippen LogP contribution is -2.11. The normalized spacial score (nSPS) is 10.7. The summed E-state index contributed by atoms with van der Waals surface area (Å²) >= 11 is 0. The summed E-state index contributed by atoms with van der Waals surface area (Å²) in [6, 6.07) is 15.9. The first-order chi connectivity index (χ1) is 11.2. The first-order valence-electron chi connectivity index (χ1n) is 7.44. The largest absolute Gasteiger partial charge is 0.496 e. The van der Waals surface area contributed by atoms with Crippen LogP contribution in [0.25, 0.3) is 10.9 Å². The van der Waals surface area contributed by atoms with Gasteiger partial charge in [0.25, 0.3) is 0 Å². The van der Waals surface area contributed by atoms with E-state index in [2.05, 4.69) is 0 Å². The summed E-state index contributed by atoms with van der Waals surface area (Å²) in [5, 5.41) is 0.920. The number of esters is 1. The van der Waals surface area contributed by atoms with E-state index in [4.69, 9.17) is 9.47 Å². The Morgan fingerprint density at radius 1 is 1.09 bits per heavy atom. The maximum Gasteiger partial charge on any atom is 0.354 e. The summed E-state index contributed by atoms with van der Waals surface area (Å²) in [5.74, 6) is 0.441. The first-order valence-corrected chi connectivity index (χ1v) is 7.44. The summed E-state index contributed by atoms with van der Waals surface area (Å²) in [4.78, 5) is 12.2.